The van der Waals surface area contributed by atoms with Gasteiger partial charge in [0.05, 0.1) is 12.8 Å². The first-order valence-electron chi connectivity index (χ1n) is 7.98. The van der Waals surface area contributed by atoms with Crippen LogP contribution in [0.2, 0.25) is 5.02 Å². The van der Waals surface area contributed by atoms with Crippen LogP contribution in [-0.2, 0) is 21.7 Å². The molecule has 1 saturated heterocycles. The van der Waals surface area contributed by atoms with Gasteiger partial charge in [-0.2, -0.15) is 0 Å². The molecule has 2 heterocycles. The summed E-state index contributed by atoms with van der Waals surface area (Å²) in [6.45, 7) is 1.52. The quantitative estimate of drug-likeness (QED) is 0.813. The van der Waals surface area contributed by atoms with Gasteiger partial charge in [-0.25, -0.2) is 4.79 Å². The van der Waals surface area contributed by atoms with Crippen molar-refractivity contribution in [3.05, 3.63) is 59.0 Å². The number of furan rings is 1. The fourth-order valence-corrected chi connectivity index (χ4v) is 2.93. The van der Waals surface area contributed by atoms with Gasteiger partial charge < -0.3 is 14.6 Å². The molecule has 1 N–H and O–H groups in total. The van der Waals surface area contributed by atoms with Crippen LogP contribution in [0.5, 0.6) is 0 Å². The molecular weight excluding hydrogens is 358 g/mol. The van der Waals surface area contributed by atoms with Crippen LogP contribution in [0, 0.1) is 0 Å². The highest BCUT2D eigenvalue weighted by molar-refractivity contribution is 6.30. The van der Waals surface area contributed by atoms with E-state index < -0.39 is 17.5 Å². The largest absolute Gasteiger partial charge is 0.467 e. The van der Waals surface area contributed by atoms with Gasteiger partial charge in [0, 0.05) is 12.1 Å². The number of halogens is 1. The highest BCUT2D eigenvalue weighted by atomic mass is 35.5. The second kappa shape index (κ2) is 6.84. The summed E-state index contributed by atoms with van der Waals surface area (Å²) in [5.41, 5.74) is -0.638. The number of hydrogen-bond donors (Lipinski definition) is 1. The number of urea groups is 1. The van der Waals surface area contributed by atoms with Crippen LogP contribution in [0.15, 0.2) is 47.1 Å². The molecule has 0 saturated carbocycles. The molecular formula is C18H18ClN3O4. The average Bonchev–Trinajstić information content (AvgIpc) is 3.18. The Labute approximate surface area is 155 Å². The van der Waals surface area contributed by atoms with E-state index >= 15 is 0 Å². The second-order valence-corrected chi connectivity index (χ2v) is 6.72. The summed E-state index contributed by atoms with van der Waals surface area (Å²) >= 11 is 5.88. The Morgan fingerprint density at radius 2 is 1.96 bits per heavy atom. The fourth-order valence-electron chi connectivity index (χ4n) is 2.80. The van der Waals surface area contributed by atoms with Crippen molar-refractivity contribution in [2.45, 2.75) is 19.0 Å². The zero-order valence-corrected chi connectivity index (χ0v) is 15.1. The normalized spacial score (nSPS) is 19.6. The van der Waals surface area contributed by atoms with Gasteiger partial charge in [0.1, 0.15) is 17.8 Å². The Balaban J connectivity index is 1.72. The lowest BCUT2D eigenvalue weighted by molar-refractivity contribution is -0.138. The maximum absolute atomic E-state index is 12.8. The molecule has 3 rings (SSSR count). The Kier molecular flexibility index (Phi) is 4.73. The van der Waals surface area contributed by atoms with Crippen LogP contribution in [0.1, 0.15) is 18.2 Å². The van der Waals surface area contributed by atoms with E-state index in [-0.39, 0.29) is 19.0 Å². The minimum atomic E-state index is -1.23. The Bertz CT molecular complexity index is 835. The lowest BCUT2D eigenvalue weighted by Crippen LogP contribution is -2.43. The third-order valence-corrected chi connectivity index (χ3v) is 4.64. The summed E-state index contributed by atoms with van der Waals surface area (Å²) in [6, 6.07) is 9.51. The zero-order valence-electron chi connectivity index (χ0n) is 14.4. The van der Waals surface area contributed by atoms with Crippen molar-refractivity contribution in [3.63, 3.8) is 0 Å². The van der Waals surface area contributed by atoms with E-state index in [0.717, 1.165) is 4.90 Å². The van der Waals surface area contributed by atoms with Gasteiger partial charge >= 0.3 is 6.03 Å². The van der Waals surface area contributed by atoms with Crippen LogP contribution < -0.4 is 5.32 Å². The maximum atomic E-state index is 12.8. The van der Waals surface area contributed by atoms with Crippen molar-refractivity contribution in [1.29, 1.82) is 0 Å². The predicted octanol–water partition coefficient (Wildman–Crippen LogP) is 2.36. The molecule has 7 nitrogen and oxygen atoms in total. The number of hydrogen-bond acceptors (Lipinski definition) is 4. The number of imide groups is 1. The first kappa shape index (κ1) is 18.0. The predicted molar refractivity (Wildman–Crippen MR) is 94.2 cm³/mol. The van der Waals surface area contributed by atoms with E-state index in [1.807, 2.05) is 0 Å². The first-order chi connectivity index (χ1) is 12.3. The molecule has 4 amide bonds. The number of carbonyl (C=O) groups is 3. The van der Waals surface area contributed by atoms with Crippen LogP contribution in [0.4, 0.5) is 4.79 Å². The lowest BCUT2D eigenvalue weighted by Gasteiger charge is -2.23. The molecule has 1 fully saturated rings. The van der Waals surface area contributed by atoms with Gasteiger partial charge in [0.2, 0.25) is 5.91 Å². The molecule has 1 atom stereocenters. The van der Waals surface area contributed by atoms with Crippen molar-refractivity contribution in [2.75, 3.05) is 13.6 Å². The van der Waals surface area contributed by atoms with E-state index in [9.17, 15) is 14.4 Å². The highest BCUT2D eigenvalue weighted by Gasteiger charge is 2.49. The van der Waals surface area contributed by atoms with Crippen molar-refractivity contribution in [3.8, 4) is 0 Å². The summed E-state index contributed by atoms with van der Waals surface area (Å²) < 4.78 is 5.20. The molecule has 136 valence electrons. The molecule has 0 radical (unpaired) electrons. The number of amides is 4. The summed E-state index contributed by atoms with van der Waals surface area (Å²) in [5, 5.41) is 3.19. The van der Waals surface area contributed by atoms with Gasteiger partial charge in [0.15, 0.2) is 0 Å². The SMILES string of the molecule is CN(Cc1ccco1)C(=O)CN1C(=O)NC(C)(c2ccc(Cl)cc2)C1=O. The number of likely N-dealkylation sites (N-methyl/N-ethyl adjacent to an activating group) is 1. The third kappa shape index (κ3) is 3.30. The molecule has 8 heteroatoms. The summed E-state index contributed by atoms with van der Waals surface area (Å²) in [4.78, 5) is 39.8. The summed E-state index contributed by atoms with van der Waals surface area (Å²) in [7, 11) is 1.59. The minimum absolute atomic E-state index is 0.254. The van der Waals surface area contributed by atoms with Gasteiger partial charge in [0.25, 0.3) is 5.91 Å². The van der Waals surface area contributed by atoms with E-state index in [1.54, 1.807) is 50.4 Å². The highest BCUT2D eigenvalue weighted by Crippen LogP contribution is 2.29. The standard InChI is InChI=1S/C18H18ClN3O4/c1-18(12-5-7-13(19)8-6-12)16(24)22(17(25)20-18)11-15(23)21(2)10-14-4-3-9-26-14/h3-9H,10-11H2,1-2H3,(H,20,25). The monoisotopic (exact) mass is 375 g/mol. The molecule has 1 aliphatic heterocycles. The number of nitrogens with one attached hydrogen (secondary N) is 1. The van der Waals surface area contributed by atoms with Crippen LogP contribution in [0.3, 0.4) is 0 Å². The molecule has 0 bridgehead atoms. The number of benzene rings is 1. The fraction of sp³-hybridized carbons (Fsp3) is 0.278. The minimum Gasteiger partial charge on any atom is -0.467 e. The Morgan fingerprint density at radius 1 is 1.27 bits per heavy atom. The van der Waals surface area contributed by atoms with E-state index in [2.05, 4.69) is 5.32 Å². The topological polar surface area (TPSA) is 82.9 Å². The van der Waals surface area contributed by atoms with Crippen molar-refractivity contribution >= 4 is 29.4 Å². The molecule has 2 aromatic rings. The van der Waals surface area contributed by atoms with Crippen LogP contribution in [0.25, 0.3) is 0 Å². The molecule has 1 aromatic carbocycles. The lowest BCUT2D eigenvalue weighted by atomic mass is 9.92. The first-order valence-corrected chi connectivity index (χ1v) is 8.35. The summed E-state index contributed by atoms with van der Waals surface area (Å²) in [5.74, 6) is -0.237. The van der Waals surface area contributed by atoms with Gasteiger partial charge in [-0.15, -0.1) is 0 Å². The molecule has 1 unspecified atom stereocenters. The van der Waals surface area contributed by atoms with Gasteiger partial charge in [-0.3, -0.25) is 14.5 Å². The van der Waals surface area contributed by atoms with Crippen molar-refractivity contribution in [2.24, 2.45) is 0 Å². The Morgan fingerprint density at radius 3 is 2.58 bits per heavy atom. The molecule has 0 aliphatic carbocycles. The average molecular weight is 376 g/mol. The second-order valence-electron chi connectivity index (χ2n) is 6.28. The maximum Gasteiger partial charge on any atom is 0.325 e. The number of carbonyl (C=O) groups excluding carboxylic acids is 3. The molecule has 26 heavy (non-hydrogen) atoms. The third-order valence-electron chi connectivity index (χ3n) is 4.39. The van der Waals surface area contributed by atoms with Gasteiger partial charge in [-0.05, 0) is 36.8 Å². The number of nitrogens with zero attached hydrogens (tertiary/aromatic N) is 2. The van der Waals surface area contributed by atoms with Crippen LogP contribution in [-0.4, -0.2) is 41.2 Å². The van der Waals surface area contributed by atoms with E-state index in [4.69, 9.17) is 16.0 Å². The number of rotatable bonds is 5. The molecule has 1 aliphatic rings. The smallest absolute Gasteiger partial charge is 0.325 e. The molecule has 0 spiro atoms. The van der Waals surface area contributed by atoms with E-state index in [1.165, 1.54) is 11.2 Å². The van der Waals surface area contributed by atoms with Crippen molar-refractivity contribution < 1.29 is 18.8 Å². The van der Waals surface area contributed by atoms with Gasteiger partial charge in [-0.1, -0.05) is 23.7 Å². The Hall–Kier alpha value is -2.80. The summed E-state index contributed by atoms with van der Waals surface area (Å²) in [6.07, 6.45) is 1.52. The van der Waals surface area contributed by atoms with E-state index in [0.29, 0.717) is 16.3 Å². The zero-order chi connectivity index (χ0) is 18.9. The molecule has 1 aromatic heterocycles. The van der Waals surface area contributed by atoms with Crippen LogP contribution >= 0.6 is 11.6 Å². The van der Waals surface area contributed by atoms with Crippen molar-refractivity contribution in [1.82, 2.24) is 15.1 Å².